The number of carboxylic acid groups (broad SMARTS) is 4. The van der Waals surface area contributed by atoms with Crippen LogP contribution in [0.3, 0.4) is 0 Å². The zero-order valence-electron chi connectivity index (χ0n) is 6.06. The maximum atomic E-state index is 8.33. The summed E-state index contributed by atoms with van der Waals surface area (Å²) < 4.78 is 3.19. The Bertz CT molecular complexity index is 92.7. The van der Waals surface area contributed by atoms with E-state index in [0.717, 1.165) is 0 Å². The Morgan fingerprint density at radius 3 is 0.923 bits per heavy atom. The molecule has 0 aromatic carbocycles. The topological polar surface area (TPSA) is 136 Å². The molecule has 0 unspecified atom stereocenters. The molecule has 0 spiro atoms. The molecule has 0 fully saturated rings. The van der Waals surface area contributed by atoms with Gasteiger partial charge in [0.05, 0.1) is 23.7 Å². The van der Waals surface area contributed by atoms with Gasteiger partial charge in [-0.05, 0) is 12.3 Å². The van der Waals surface area contributed by atoms with Gasteiger partial charge in [-0.3, -0.25) is 0 Å². The van der Waals surface area contributed by atoms with Gasteiger partial charge in [0, 0.05) is 0 Å². The standard InChI is InChI=1S/2CH2O3.Cl2O.Na.Sb/c2*2-1(3)4;1-3-2;;/h2*(H2,2,3,4);;;/q;;;+1;+3/p-4. The van der Waals surface area contributed by atoms with Gasteiger partial charge in [0.25, 0.3) is 0 Å². The van der Waals surface area contributed by atoms with E-state index in [1.54, 1.807) is 0 Å². The van der Waals surface area contributed by atoms with Crippen molar-refractivity contribution in [3.05, 3.63) is 0 Å². The van der Waals surface area contributed by atoms with Crippen molar-refractivity contribution in [2.75, 3.05) is 0 Å². The van der Waals surface area contributed by atoms with Gasteiger partial charge in [0.15, 0.2) is 0 Å². The fourth-order valence-electron chi connectivity index (χ4n) is 0. The van der Waals surface area contributed by atoms with E-state index in [-0.39, 0.29) is 54.0 Å². The first-order valence-electron chi connectivity index (χ1n) is 1.53. The smallest absolute Gasteiger partial charge is 0.652 e. The molecule has 0 amide bonds. The van der Waals surface area contributed by atoms with Gasteiger partial charge in [-0.1, -0.05) is 0 Å². The van der Waals surface area contributed by atoms with Crippen LogP contribution < -0.4 is 50.0 Å². The Morgan fingerprint density at radius 1 is 0.923 bits per heavy atom. The van der Waals surface area contributed by atoms with Crippen molar-refractivity contribution in [3.63, 3.8) is 0 Å². The number of hydrogen-bond acceptors (Lipinski definition) is 7. The van der Waals surface area contributed by atoms with Crippen molar-refractivity contribution in [3.8, 4) is 0 Å². The molecule has 2 radical (unpaired) electrons. The summed E-state index contributed by atoms with van der Waals surface area (Å²) in [7, 11) is 0. The molecule has 0 saturated heterocycles. The molecular weight excluding hydrogens is 352 g/mol. The van der Waals surface area contributed by atoms with E-state index in [2.05, 4.69) is 27.6 Å². The van der Waals surface area contributed by atoms with Crippen molar-refractivity contribution in [2.45, 2.75) is 0 Å². The first kappa shape index (κ1) is 29.2. The molecule has 7 nitrogen and oxygen atoms in total. The quantitative estimate of drug-likeness (QED) is 0.395. The average Bonchev–Trinajstić information content (AvgIpc) is 1.60. The van der Waals surface area contributed by atoms with Crippen LogP contribution in [0.5, 0.6) is 0 Å². The molecule has 0 N–H and O–H groups in total. The Morgan fingerprint density at radius 2 is 0.923 bits per heavy atom. The average molecular weight is 352 g/mol. The predicted molar refractivity (Wildman–Crippen MR) is 29.3 cm³/mol. The number of rotatable bonds is 0. The zero-order valence-corrected chi connectivity index (χ0v) is 12.1. The molecule has 0 aliphatic carbocycles. The summed E-state index contributed by atoms with van der Waals surface area (Å²) in [4.78, 5) is 16.7. The second kappa shape index (κ2) is 29.3. The fraction of sp³-hybridized carbons (Fsp3) is 0. The molecular formula is C2Cl2NaO7Sb. The Labute approximate surface area is 123 Å². The van der Waals surface area contributed by atoms with E-state index >= 15 is 0 Å². The van der Waals surface area contributed by atoms with Crippen LogP contribution in [-0.2, 0) is 3.84 Å². The van der Waals surface area contributed by atoms with Crippen LogP contribution in [-0.4, -0.2) is 36.7 Å². The van der Waals surface area contributed by atoms with Gasteiger partial charge in [0.2, 0.25) is 0 Å². The van der Waals surface area contributed by atoms with Crippen LogP contribution in [0.2, 0.25) is 0 Å². The molecule has 0 aromatic heterocycles. The van der Waals surface area contributed by atoms with Crippen molar-refractivity contribution in [1.29, 1.82) is 0 Å². The zero-order chi connectivity index (χ0) is 9.86. The molecule has 0 heterocycles. The van der Waals surface area contributed by atoms with Gasteiger partial charge < -0.3 is 30.0 Å². The third-order valence-corrected chi connectivity index (χ3v) is 0. The Balaban J connectivity index is -0.0000000231. The number of halogens is 2. The second-order valence-electron chi connectivity index (χ2n) is 0.558. The van der Waals surface area contributed by atoms with Gasteiger partial charge in [-0.2, -0.15) is 3.84 Å². The van der Waals surface area contributed by atoms with Crippen molar-refractivity contribution >= 4 is 60.5 Å². The van der Waals surface area contributed by atoms with Crippen molar-refractivity contribution < 1.29 is 63.4 Å². The van der Waals surface area contributed by atoms with Crippen molar-refractivity contribution in [2.24, 2.45) is 0 Å². The summed E-state index contributed by atoms with van der Waals surface area (Å²) in [5.74, 6) is 0. The maximum Gasteiger partial charge on any atom is 3.00 e. The summed E-state index contributed by atoms with van der Waals surface area (Å²) in [6.45, 7) is 0. The third kappa shape index (κ3) is 1900. The Hall–Kier alpha value is 0.898. The molecule has 11 heteroatoms. The first-order chi connectivity index (χ1) is 4.88. The van der Waals surface area contributed by atoms with Crippen LogP contribution in [0, 0.1) is 0 Å². The monoisotopic (exact) mass is 350 g/mol. The Kier molecular flexibility index (Phi) is 65.8. The summed E-state index contributed by atoms with van der Waals surface area (Å²) in [6.07, 6.45) is -4.67. The summed E-state index contributed by atoms with van der Waals surface area (Å²) in [6, 6.07) is 0. The number of carbonyl (C=O) groups excluding carboxylic acids is 2. The van der Waals surface area contributed by atoms with E-state index in [4.69, 9.17) is 30.0 Å². The van der Waals surface area contributed by atoms with Crippen LogP contribution >= 0.6 is 23.7 Å². The normalized spacial score (nSPS) is 5.08. The molecule has 0 atom stereocenters. The van der Waals surface area contributed by atoms with Crippen LogP contribution in [0.25, 0.3) is 0 Å². The molecule has 0 saturated carbocycles. The van der Waals surface area contributed by atoms with Gasteiger partial charge >= 0.3 is 54.0 Å². The SMILES string of the molecule is ClOCl.O=C([O-])[O-].O=C([O-])[O-].[Na+].[Sb+3]. The summed E-state index contributed by atoms with van der Waals surface area (Å²) in [5.41, 5.74) is 0. The van der Waals surface area contributed by atoms with Gasteiger partial charge in [-0.25, -0.2) is 0 Å². The predicted octanol–water partition coefficient (Wildman–Crippen LogP) is -6.96. The summed E-state index contributed by atoms with van der Waals surface area (Å²) in [5, 5.41) is 33.3. The van der Waals surface area contributed by atoms with Gasteiger partial charge in [0.1, 0.15) is 0 Å². The maximum absolute atomic E-state index is 8.33. The van der Waals surface area contributed by atoms with Crippen LogP contribution in [0.4, 0.5) is 9.59 Å². The molecule has 0 aliphatic rings. The summed E-state index contributed by atoms with van der Waals surface area (Å²) >= 11 is 8.53. The van der Waals surface area contributed by atoms with Crippen LogP contribution in [0.15, 0.2) is 0 Å². The van der Waals surface area contributed by atoms with E-state index < -0.39 is 12.3 Å². The number of hydrogen-bond donors (Lipinski definition) is 0. The molecule has 0 aliphatic heterocycles. The fourth-order valence-corrected chi connectivity index (χ4v) is 0. The van der Waals surface area contributed by atoms with Crippen LogP contribution in [0.1, 0.15) is 0 Å². The first-order valence-corrected chi connectivity index (χ1v) is 2.15. The van der Waals surface area contributed by atoms with E-state index in [9.17, 15) is 0 Å². The largest absolute Gasteiger partial charge is 3.00 e. The third-order valence-electron chi connectivity index (χ3n) is 0. The minimum atomic E-state index is -2.33. The van der Waals surface area contributed by atoms with E-state index in [1.807, 2.05) is 0 Å². The molecule has 13 heavy (non-hydrogen) atoms. The number of carbonyl (C=O) groups is 2. The molecule has 70 valence electrons. The molecule has 0 aromatic rings. The van der Waals surface area contributed by atoms with Crippen molar-refractivity contribution in [1.82, 2.24) is 0 Å². The minimum absolute atomic E-state index is 0. The van der Waals surface area contributed by atoms with Gasteiger partial charge in [-0.15, -0.1) is 0 Å². The molecule has 0 bridgehead atoms. The van der Waals surface area contributed by atoms with E-state index in [0.29, 0.717) is 0 Å². The second-order valence-corrected chi connectivity index (χ2v) is 1.02. The minimum Gasteiger partial charge on any atom is -0.652 e. The molecule has 0 rings (SSSR count). The van der Waals surface area contributed by atoms with E-state index in [1.165, 1.54) is 0 Å².